The van der Waals surface area contributed by atoms with E-state index in [-0.39, 0.29) is 6.61 Å². The minimum absolute atomic E-state index is 0.0651. The van der Waals surface area contributed by atoms with Crippen molar-refractivity contribution in [3.63, 3.8) is 0 Å². The lowest BCUT2D eigenvalue weighted by atomic mass is 10.1. The minimum Gasteiger partial charge on any atom is -0.457 e. The van der Waals surface area contributed by atoms with Crippen LogP contribution in [-0.4, -0.2) is 5.11 Å². The third kappa shape index (κ3) is 2.71. The summed E-state index contributed by atoms with van der Waals surface area (Å²) >= 11 is 0. The molecule has 0 aliphatic rings. The van der Waals surface area contributed by atoms with Gasteiger partial charge in [-0.25, -0.2) is 0 Å². The summed E-state index contributed by atoms with van der Waals surface area (Å²) in [6, 6.07) is 11.9. The Hall–Kier alpha value is -1.80. The zero-order valence-corrected chi connectivity index (χ0v) is 11.0. The summed E-state index contributed by atoms with van der Waals surface area (Å²) in [4.78, 5) is 0. The summed E-state index contributed by atoms with van der Waals surface area (Å²) in [5, 5.41) is 9.14. The van der Waals surface area contributed by atoms with Gasteiger partial charge in [0.2, 0.25) is 0 Å². The van der Waals surface area contributed by atoms with Gasteiger partial charge in [-0.15, -0.1) is 0 Å². The number of rotatable bonds is 3. The fourth-order valence-electron chi connectivity index (χ4n) is 1.85. The van der Waals surface area contributed by atoms with E-state index in [1.165, 1.54) is 5.56 Å². The molecule has 0 spiro atoms. The Labute approximate surface area is 108 Å². The van der Waals surface area contributed by atoms with Gasteiger partial charge in [0.1, 0.15) is 11.5 Å². The molecule has 0 aliphatic heterocycles. The lowest BCUT2D eigenvalue weighted by Crippen LogP contribution is -1.92. The minimum atomic E-state index is 0.0651. The van der Waals surface area contributed by atoms with Crippen molar-refractivity contribution in [3.8, 4) is 11.5 Å². The Bertz CT molecular complexity index is 559. The van der Waals surface area contributed by atoms with Crippen molar-refractivity contribution in [2.24, 2.45) is 0 Å². The monoisotopic (exact) mass is 242 g/mol. The van der Waals surface area contributed by atoms with E-state index in [4.69, 9.17) is 9.84 Å². The van der Waals surface area contributed by atoms with E-state index < -0.39 is 0 Å². The van der Waals surface area contributed by atoms with Crippen molar-refractivity contribution >= 4 is 0 Å². The maximum Gasteiger partial charge on any atom is 0.130 e. The van der Waals surface area contributed by atoms with Gasteiger partial charge in [-0.1, -0.05) is 18.2 Å². The third-order valence-corrected chi connectivity index (χ3v) is 3.06. The Morgan fingerprint density at radius 3 is 2.39 bits per heavy atom. The van der Waals surface area contributed by atoms with Gasteiger partial charge in [-0.05, 0) is 61.2 Å². The lowest BCUT2D eigenvalue weighted by molar-refractivity contribution is 0.281. The lowest BCUT2D eigenvalue weighted by Gasteiger charge is -2.11. The number of hydrogen-bond acceptors (Lipinski definition) is 2. The molecule has 0 amide bonds. The molecule has 0 radical (unpaired) electrons. The number of aliphatic hydroxyl groups is 1. The first kappa shape index (κ1) is 12.7. The van der Waals surface area contributed by atoms with E-state index in [2.05, 4.69) is 12.1 Å². The maximum absolute atomic E-state index is 9.14. The van der Waals surface area contributed by atoms with E-state index in [0.29, 0.717) is 0 Å². The second-order valence-corrected chi connectivity index (χ2v) is 4.62. The standard InChI is InChI=1S/C16H18O2/c1-11-4-5-12(2)16(8-11)18-15-7-6-14(10-17)13(3)9-15/h4-9,17H,10H2,1-3H3. The largest absolute Gasteiger partial charge is 0.457 e. The van der Waals surface area contributed by atoms with Crippen LogP contribution in [0.15, 0.2) is 36.4 Å². The average molecular weight is 242 g/mol. The molecule has 0 unspecified atom stereocenters. The summed E-state index contributed by atoms with van der Waals surface area (Å²) in [6.45, 7) is 6.12. The van der Waals surface area contributed by atoms with E-state index >= 15 is 0 Å². The van der Waals surface area contributed by atoms with Crippen LogP contribution in [0.3, 0.4) is 0 Å². The quantitative estimate of drug-likeness (QED) is 0.884. The molecule has 0 fully saturated rings. The molecule has 0 saturated heterocycles. The molecular weight excluding hydrogens is 224 g/mol. The highest BCUT2D eigenvalue weighted by molar-refractivity contribution is 5.41. The zero-order valence-electron chi connectivity index (χ0n) is 11.0. The second-order valence-electron chi connectivity index (χ2n) is 4.62. The van der Waals surface area contributed by atoms with E-state index in [1.54, 1.807) is 0 Å². The first-order valence-corrected chi connectivity index (χ1v) is 6.05. The molecule has 94 valence electrons. The van der Waals surface area contributed by atoms with Gasteiger partial charge in [0.15, 0.2) is 0 Å². The molecule has 2 aromatic carbocycles. The van der Waals surface area contributed by atoms with Crippen LogP contribution < -0.4 is 4.74 Å². The molecule has 0 aromatic heterocycles. The normalized spacial score (nSPS) is 10.4. The molecule has 0 bridgehead atoms. The average Bonchev–Trinajstić information content (AvgIpc) is 2.34. The number of hydrogen-bond donors (Lipinski definition) is 1. The fraction of sp³-hybridized carbons (Fsp3) is 0.250. The van der Waals surface area contributed by atoms with Crippen LogP contribution in [0.1, 0.15) is 22.3 Å². The van der Waals surface area contributed by atoms with Gasteiger partial charge in [-0.2, -0.15) is 0 Å². The van der Waals surface area contributed by atoms with Crippen LogP contribution in [-0.2, 0) is 6.61 Å². The number of aliphatic hydroxyl groups excluding tert-OH is 1. The molecular formula is C16H18O2. The summed E-state index contributed by atoms with van der Waals surface area (Å²) in [6.07, 6.45) is 0. The van der Waals surface area contributed by atoms with E-state index in [9.17, 15) is 0 Å². The number of ether oxygens (including phenoxy) is 1. The van der Waals surface area contributed by atoms with Crippen LogP contribution in [0.4, 0.5) is 0 Å². The SMILES string of the molecule is Cc1ccc(C)c(Oc2ccc(CO)c(C)c2)c1. The summed E-state index contributed by atoms with van der Waals surface area (Å²) in [5.41, 5.74) is 4.27. The van der Waals surface area contributed by atoms with Crippen molar-refractivity contribution in [2.45, 2.75) is 27.4 Å². The second kappa shape index (κ2) is 5.23. The van der Waals surface area contributed by atoms with Crippen LogP contribution in [0.2, 0.25) is 0 Å². The molecule has 2 nitrogen and oxygen atoms in total. The topological polar surface area (TPSA) is 29.5 Å². The third-order valence-electron chi connectivity index (χ3n) is 3.06. The summed E-state index contributed by atoms with van der Waals surface area (Å²) in [5.74, 6) is 1.68. The smallest absolute Gasteiger partial charge is 0.130 e. The van der Waals surface area contributed by atoms with Crippen LogP contribution in [0.25, 0.3) is 0 Å². The van der Waals surface area contributed by atoms with Crippen molar-refractivity contribution in [3.05, 3.63) is 58.7 Å². The van der Waals surface area contributed by atoms with Crippen molar-refractivity contribution in [1.29, 1.82) is 0 Å². The Morgan fingerprint density at radius 2 is 1.72 bits per heavy atom. The van der Waals surface area contributed by atoms with Gasteiger partial charge < -0.3 is 9.84 Å². The van der Waals surface area contributed by atoms with Gasteiger partial charge in [0.25, 0.3) is 0 Å². The van der Waals surface area contributed by atoms with Crippen molar-refractivity contribution < 1.29 is 9.84 Å². The highest BCUT2D eigenvalue weighted by atomic mass is 16.5. The first-order valence-electron chi connectivity index (χ1n) is 6.05. The van der Waals surface area contributed by atoms with Crippen molar-refractivity contribution in [2.75, 3.05) is 0 Å². The number of aryl methyl sites for hydroxylation is 3. The summed E-state index contributed by atoms with van der Waals surface area (Å²) in [7, 11) is 0. The fourth-order valence-corrected chi connectivity index (χ4v) is 1.85. The summed E-state index contributed by atoms with van der Waals surface area (Å²) < 4.78 is 5.89. The van der Waals surface area contributed by atoms with Crippen molar-refractivity contribution in [1.82, 2.24) is 0 Å². The highest BCUT2D eigenvalue weighted by Crippen LogP contribution is 2.27. The van der Waals surface area contributed by atoms with Crippen LogP contribution in [0, 0.1) is 20.8 Å². The molecule has 2 aromatic rings. The molecule has 2 rings (SSSR count). The Morgan fingerprint density at radius 1 is 0.944 bits per heavy atom. The van der Waals surface area contributed by atoms with Crippen LogP contribution in [0.5, 0.6) is 11.5 Å². The Kier molecular flexibility index (Phi) is 3.68. The van der Waals surface area contributed by atoms with Gasteiger partial charge in [0.05, 0.1) is 6.61 Å². The molecule has 0 saturated carbocycles. The van der Waals surface area contributed by atoms with E-state index in [0.717, 1.165) is 28.2 Å². The van der Waals surface area contributed by atoms with E-state index in [1.807, 2.05) is 45.0 Å². The highest BCUT2D eigenvalue weighted by Gasteiger charge is 2.04. The molecule has 18 heavy (non-hydrogen) atoms. The van der Waals surface area contributed by atoms with Crippen LogP contribution >= 0.6 is 0 Å². The maximum atomic E-state index is 9.14. The predicted molar refractivity (Wildman–Crippen MR) is 73.1 cm³/mol. The first-order chi connectivity index (χ1) is 8.60. The van der Waals surface area contributed by atoms with Gasteiger partial charge in [0, 0.05) is 0 Å². The molecule has 0 aliphatic carbocycles. The molecule has 2 heteroatoms. The Balaban J connectivity index is 2.28. The zero-order chi connectivity index (χ0) is 13.1. The van der Waals surface area contributed by atoms with Gasteiger partial charge in [-0.3, -0.25) is 0 Å². The molecule has 0 atom stereocenters. The van der Waals surface area contributed by atoms with Gasteiger partial charge >= 0.3 is 0 Å². The molecule has 1 N–H and O–H groups in total. The predicted octanol–water partition coefficient (Wildman–Crippen LogP) is 3.90. The number of benzene rings is 2. The molecule has 0 heterocycles.